The smallest absolute Gasteiger partial charge is 0.379 e. The van der Waals surface area contributed by atoms with Gasteiger partial charge in [0, 0.05) is 10.9 Å². The maximum Gasteiger partial charge on any atom is 0.379 e. The van der Waals surface area contributed by atoms with Crippen molar-refractivity contribution in [2.75, 3.05) is 6.61 Å². The zero-order chi connectivity index (χ0) is 15.5. The van der Waals surface area contributed by atoms with Crippen molar-refractivity contribution >= 4 is 16.9 Å². The predicted molar refractivity (Wildman–Crippen MR) is 83.5 cm³/mol. The van der Waals surface area contributed by atoms with Crippen LogP contribution in [-0.4, -0.2) is 12.6 Å². The highest BCUT2D eigenvalue weighted by Gasteiger charge is 2.19. The van der Waals surface area contributed by atoms with Crippen LogP contribution in [-0.2, 0) is 0 Å². The van der Waals surface area contributed by atoms with Crippen molar-refractivity contribution in [3.8, 4) is 11.5 Å². The third-order valence-corrected chi connectivity index (χ3v) is 3.37. The normalized spacial score (nSPS) is 10.6. The molecule has 0 amide bonds. The Kier molecular flexibility index (Phi) is 3.83. The van der Waals surface area contributed by atoms with Crippen LogP contribution in [0.2, 0.25) is 0 Å². The van der Waals surface area contributed by atoms with E-state index in [2.05, 4.69) is 0 Å². The third-order valence-electron chi connectivity index (χ3n) is 3.37. The zero-order valence-electron chi connectivity index (χ0n) is 12.5. The molecule has 0 unspecified atom stereocenters. The minimum Gasteiger partial charge on any atom is -0.494 e. The number of benzene rings is 2. The van der Waals surface area contributed by atoms with E-state index < -0.39 is 5.97 Å². The van der Waals surface area contributed by atoms with Crippen LogP contribution in [0.1, 0.15) is 23.0 Å². The molecule has 0 saturated carbocycles. The molecule has 1 heterocycles. The lowest BCUT2D eigenvalue weighted by molar-refractivity contribution is 0.0702. The first-order valence-corrected chi connectivity index (χ1v) is 7.12. The summed E-state index contributed by atoms with van der Waals surface area (Å²) in [6.07, 6.45) is 0. The van der Waals surface area contributed by atoms with Crippen LogP contribution in [0.25, 0.3) is 11.0 Å². The number of fused-ring (bicyclic) bond motifs is 1. The highest BCUT2D eigenvalue weighted by molar-refractivity contribution is 5.96. The van der Waals surface area contributed by atoms with Crippen molar-refractivity contribution in [3.63, 3.8) is 0 Å². The van der Waals surface area contributed by atoms with Gasteiger partial charge in [0.2, 0.25) is 5.76 Å². The molecule has 1 aromatic heterocycles. The number of ether oxygens (including phenoxy) is 2. The monoisotopic (exact) mass is 296 g/mol. The fraction of sp³-hybridized carbons (Fsp3) is 0.167. The summed E-state index contributed by atoms with van der Waals surface area (Å²) in [5.41, 5.74) is 1.46. The van der Waals surface area contributed by atoms with E-state index in [9.17, 15) is 4.79 Å². The summed E-state index contributed by atoms with van der Waals surface area (Å²) in [6, 6.07) is 14.4. The molecule has 22 heavy (non-hydrogen) atoms. The quantitative estimate of drug-likeness (QED) is 0.530. The minimum absolute atomic E-state index is 0.232. The first kappa shape index (κ1) is 14.2. The lowest BCUT2D eigenvalue weighted by Crippen LogP contribution is -2.08. The number of aryl methyl sites for hydroxylation is 1. The first-order chi connectivity index (χ1) is 10.7. The van der Waals surface area contributed by atoms with Crippen LogP contribution in [0.3, 0.4) is 0 Å². The van der Waals surface area contributed by atoms with Gasteiger partial charge in [-0.2, -0.15) is 0 Å². The van der Waals surface area contributed by atoms with Gasteiger partial charge in [0.1, 0.15) is 17.1 Å². The Morgan fingerprint density at radius 1 is 1.05 bits per heavy atom. The Balaban J connectivity index is 1.82. The van der Waals surface area contributed by atoms with E-state index in [1.165, 1.54) is 0 Å². The van der Waals surface area contributed by atoms with Gasteiger partial charge in [0.05, 0.1) is 6.61 Å². The number of furan rings is 1. The third kappa shape index (κ3) is 2.68. The van der Waals surface area contributed by atoms with Crippen molar-refractivity contribution in [1.82, 2.24) is 0 Å². The van der Waals surface area contributed by atoms with Crippen molar-refractivity contribution in [3.05, 3.63) is 59.9 Å². The Hall–Kier alpha value is -2.75. The van der Waals surface area contributed by atoms with Gasteiger partial charge in [-0.05, 0) is 44.2 Å². The minimum atomic E-state index is -0.502. The zero-order valence-corrected chi connectivity index (χ0v) is 12.5. The lowest BCUT2D eigenvalue weighted by atomic mass is 10.1. The molecule has 2 aromatic carbocycles. The number of hydrogen-bond acceptors (Lipinski definition) is 4. The van der Waals surface area contributed by atoms with Crippen LogP contribution in [0.4, 0.5) is 0 Å². The number of carbonyl (C=O) groups is 1. The van der Waals surface area contributed by atoms with Crippen molar-refractivity contribution in [1.29, 1.82) is 0 Å². The molecule has 112 valence electrons. The summed E-state index contributed by atoms with van der Waals surface area (Å²) < 4.78 is 16.3. The van der Waals surface area contributed by atoms with E-state index in [1.54, 1.807) is 24.3 Å². The lowest BCUT2D eigenvalue weighted by Gasteiger charge is -2.05. The first-order valence-electron chi connectivity index (χ1n) is 7.12. The summed E-state index contributed by atoms with van der Waals surface area (Å²) in [7, 11) is 0. The summed E-state index contributed by atoms with van der Waals surface area (Å²) in [5, 5.41) is 0.918. The van der Waals surface area contributed by atoms with Crippen LogP contribution >= 0.6 is 0 Å². The van der Waals surface area contributed by atoms with Gasteiger partial charge in [0.15, 0.2) is 0 Å². The van der Waals surface area contributed by atoms with E-state index in [0.29, 0.717) is 17.9 Å². The molecule has 0 saturated heterocycles. The summed E-state index contributed by atoms with van der Waals surface area (Å²) >= 11 is 0. The summed E-state index contributed by atoms with van der Waals surface area (Å²) in [6.45, 7) is 4.36. The van der Waals surface area contributed by atoms with E-state index in [4.69, 9.17) is 13.9 Å². The van der Waals surface area contributed by atoms with Gasteiger partial charge in [-0.15, -0.1) is 0 Å². The fourth-order valence-corrected chi connectivity index (χ4v) is 2.29. The number of carbonyl (C=O) groups excluding carboxylic acids is 1. The number of para-hydroxylation sites is 1. The predicted octanol–water partition coefficient (Wildman–Crippen LogP) is 4.36. The molecule has 0 spiro atoms. The highest BCUT2D eigenvalue weighted by atomic mass is 16.5. The van der Waals surface area contributed by atoms with Gasteiger partial charge >= 0.3 is 5.97 Å². The van der Waals surface area contributed by atoms with E-state index in [1.807, 2.05) is 38.1 Å². The number of esters is 1. The van der Waals surface area contributed by atoms with E-state index >= 15 is 0 Å². The molecular formula is C18H16O4. The van der Waals surface area contributed by atoms with Crippen molar-refractivity contribution < 1.29 is 18.7 Å². The van der Waals surface area contributed by atoms with Gasteiger partial charge in [-0.1, -0.05) is 18.2 Å². The second-order valence-electron chi connectivity index (χ2n) is 4.85. The standard InChI is InChI=1S/C18H16O4/c1-3-20-13-8-10-14(11-9-13)21-18(19)17-12(2)15-6-4-5-7-16(15)22-17/h4-11H,3H2,1-2H3. The SMILES string of the molecule is CCOc1ccc(OC(=O)c2oc3ccccc3c2C)cc1. The second-order valence-corrected chi connectivity index (χ2v) is 4.85. The molecule has 4 heteroatoms. The molecule has 4 nitrogen and oxygen atoms in total. The van der Waals surface area contributed by atoms with Gasteiger partial charge in [-0.25, -0.2) is 4.79 Å². The Morgan fingerprint density at radius 2 is 1.73 bits per heavy atom. The second kappa shape index (κ2) is 5.93. The maximum absolute atomic E-state index is 12.3. The summed E-state index contributed by atoms with van der Waals surface area (Å²) in [4.78, 5) is 12.3. The molecule has 0 aliphatic heterocycles. The molecule has 0 aliphatic rings. The molecule has 0 atom stereocenters. The van der Waals surface area contributed by atoms with Crippen molar-refractivity contribution in [2.45, 2.75) is 13.8 Å². The number of rotatable bonds is 4. The molecule has 0 N–H and O–H groups in total. The average molecular weight is 296 g/mol. The largest absolute Gasteiger partial charge is 0.494 e. The average Bonchev–Trinajstić information content (AvgIpc) is 2.87. The van der Waals surface area contributed by atoms with Gasteiger partial charge < -0.3 is 13.9 Å². The van der Waals surface area contributed by atoms with Gasteiger partial charge in [-0.3, -0.25) is 0 Å². The summed E-state index contributed by atoms with van der Waals surface area (Å²) in [5.74, 6) is 0.920. The highest BCUT2D eigenvalue weighted by Crippen LogP contribution is 2.26. The Bertz CT molecular complexity index is 800. The molecule has 0 radical (unpaired) electrons. The van der Waals surface area contributed by atoms with Crippen LogP contribution in [0.15, 0.2) is 52.9 Å². The van der Waals surface area contributed by atoms with Gasteiger partial charge in [0.25, 0.3) is 0 Å². The molecule has 3 rings (SSSR count). The fourth-order valence-electron chi connectivity index (χ4n) is 2.29. The Labute approximate surface area is 128 Å². The molecular weight excluding hydrogens is 280 g/mol. The van der Waals surface area contributed by atoms with Crippen LogP contribution in [0.5, 0.6) is 11.5 Å². The van der Waals surface area contributed by atoms with E-state index in [-0.39, 0.29) is 5.76 Å². The molecule has 3 aromatic rings. The molecule has 0 fully saturated rings. The number of hydrogen-bond donors (Lipinski definition) is 0. The van der Waals surface area contributed by atoms with Crippen LogP contribution < -0.4 is 9.47 Å². The Morgan fingerprint density at radius 3 is 2.41 bits per heavy atom. The topological polar surface area (TPSA) is 48.7 Å². The van der Waals surface area contributed by atoms with Crippen LogP contribution in [0, 0.1) is 6.92 Å². The molecule has 0 bridgehead atoms. The van der Waals surface area contributed by atoms with Crippen molar-refractivity contribution in [2.24, 2.45) is 0 Å². The van der Waals surface area contributed by atoms with E-state index in [0.717, 1.165) is 16.7 Å². The maximum atomic E-state index is 12.3. The molecule has 0 aliphatic carbocycles.